The van der Waals surface area contributed by atoms with Crippen LogP contribution in [-0.4, -0.2) is 24.9 Å². The quantitative estimate of drug-likeness (QED) is 0.791. The lowest BCUT2D eigenvalue weighted by Crippen LogP contribution is -2.27. The molecule has 21 heavy (non-hydrogen) atoms. The molecule has 0 saturated carbocycles. The summed E-state index contributed by atoms with van der Waals surface area (Å²) in [4.78, 5) is 24.5. The molecule has 0 fully saturated rings. The first-order chi connectivity index (χ1) is 10.1. The molecule has 0 N–H and O–H groups in total. The van der Waals surface area contributed by atoms with Crippen molar-refractivity contribution in [3.8, 4) is 11.5 Å². The number of carbonyl (C=O) groups excluding carboxylic acids is 1. The van der Waals surface area contributed by atoms with Gasteiger partial charge in [-0.1, -0.05) is 41.6 Å². The zero-order valence-corrected chi connectivity index (χ0v) is 11.9. The van der Waals surface area contributed by atoms with Gasteiger partial charge in [-0.25, -0.2) is 0 Å². The van der Waals surface area contributed by atoms with Gasteiger partial charge < -0.3 is 9.64 Å². The van der Waals surface area contributed by atoms with E-state index in [1.807, 2.05) is 18.2 Å². The minimum atomic E-state index is -1.11. The highest BCUT2D eigenvalue weighted by atomic mass is 16.5. The van der Waals surface area contributed by atoms with Crippen LogP contribution in [0, 0.1) is 4.91 Å². The van der Waals surface area contributed by atoms with Crippen molar-refractivity contribution >= 4 is 5.91 Å². The fourth-order valence-electron chi connectivity index (χ4n) is 1.89. The molecule has 108 valence electrons. The Bertz CT molecular complexity index is 626. The number of nitrogens with zero attached hydrogens (tertiary/aromatic N) is 2. The lowest BCUT2D eigenvalue weighted by Gasteiger charge is -2.17. The Morgan fingerprint density at radius 1 is 1.05 bits per heavy atom. The highest BCUT2D eigenvalue weighted by Gasteiger charge is 2.26. The molecule has 0 aromatic heterocycles. The number of nitroso groups, excluding NO2 is 1. The van der Waals surface area contributed by atoms with Crippen molar-refractivity contribution < 1.29 is 9.53 Å². The van der Waals surface area contributed by atoms with Crippen LogP contribution in [0.1, 0.15) is 11.6 Å². The second-order valence-electron chi connectivity index (χ2n) is 4.69. The van der Waals surface area contributed by atoms with E-state index in [4.69, 9.17) is 4.74 Å². The van der Waals surface area contributed by atoms with E-state index in [0.717, 1.165) is 0 Å². The molecule has 0 heterocycles. The van der Waals surface area contributed by atoms with Gasteiger partial charge in [-0.3, -0.25) is 4.79 Å². The van der Waals surface area contributed by atoms with Crippen molar-refractivity contribution in [2.24, 2.45) is 5.18 Å². The first-order valence-electron chi connectivity index (χ1n) is 6.49. The zero-order chi connectivity index (χ0) is 15.2. The van der Waals surface area contributed by atoms with Gasteiger partial charge >= 0.3 is 0 Å². The first-order valence-corrected chi connectivity index (χ1v) is 6.49. The molecule has 0 saturated heterocycles. The van der Waals surface area contributed by atoms with Gasteiger partial charge in [-0.2, -0.15) is 0 Å². The van der Waals surface area contributed by atoms with Crippen LogP contribution in [0.5, 0.6) is 11.5 Å². The van der Waals surface area contributed by atoms with Crippen molar-refractivity contribution in [2.75, 3.05) is 14.1 Å². The molecular formula is C16H16N2O3. The van der Waals surface area contributed by atoms with Gasteiger partial charge in [0.1, 0.15) is 11.5 Å². The van der Waals surface area contributed by atoms with E-state index >= 15 is 0 Å². The summed E-state index contributed by atoms with van der Waals surface area (Å²) in [5.74, 6) is 0.699. The SMILES string of the molecule is CN(C)C(=O)C(N=O)c1ccccc1Oc1ccccc1. The van der Waals surface area contributed by atoms with Crippen LogP contribution in [0.2, 0.25) is 0 Å². The number of ether oxygens (including phenoxy) is 1. The molecule has 5 nitrogen and oxygen atoms in total. The Labute approximate surface area is 123 Å². The Morgan fingerprint density at radius 3 is 2.29 bits per heavy atom. The lowest BCUT2D eigenvalue weighted by atomic mass is 10.1. The average molecular weight is 284 g/mol. The van der Waals surface area contributed by atoms with E-state index < -0.39 is 6.04 Å². The molecule has 0 aliphatic heterocycles. The largest absolute Gasteiger partial charge is 0.457 e. The highest BCUT2D eigenvalue weighted by Crippen LogP contribution is 2.32. The predicted molar refractivity (Wildman–Crippen MR) is 80.2 cm³/mol. The summed E-state index contributed by atoms with van der Waals surface area (Å²) >= 11 is 0. The maximum atomic E-state index is 12.1. The van der Waals surface area contributed by atoms with Gasteiger partial charge in [-0.15, -0.1) is 4.91 Å². The van der Waals surface area contributed by atoms with Crippen LogP contribution >= 0.6 is 0 Å². The molecule has 0 aliphatic carbocycles. The third kappa shape index (κ3) is 3.45. The van der Waals surface area contributed by atoms with Gasteiger partial charge in [0.15, 0.2) is 6.04 Å². The molecule has 5 heteroatoms. The molecule has 1 atom stereocenters. The topological polar surface area (TPSA) is 59.0 Å². The number of carbonyl (C=O) groups is 1. The van der Waals surface area contributed by atoms with Crippen molar-refractivity contribution in [3.05, 3.63) is 65.1 Å². The van der Waals surface area contributed by atoms with Crippen LogP contribution < -0.4 is 4.74 Å². The number of likely N-dealkylation sites (N-methyl/N-ethyl adjacent to an activating group) is 1. The first kappa shape index (κ1) is 14.7. The Kier molecular flexibility index (Phi) is 4.66. The molecular weight excluding hydrogens is 268 g/mol. The van der Waals surface area contributed by atoms with E-state index in [-0.39, 0.29) is 5.91 Å². The third-order valence-corrected chi connectivity index (χ3v) is 2.96. The standard InChI is InChI=1S/C16H16N2O3/c1-18(2)16(19)15(17-20)13-10-6-7-11-14(13)21-12-8-4-3-5-9-12/h3-11,15H,1-2H3. The van der Waals surface area contributed by atoms with Gasteiger partial charge in [0.25, 0.3) is 5.91 Å². The van der Waals surface area contributed by atoms with Crippen LogP contribution in [0.3, 0.4) is 0 Å². The number of rotatable bonds is 5. The van der Waals surface area contributed by atoms with E-state index in [1.165, 1.54) is 4.90 Å². The van der Waals surface area contributed by atoms with Crippen molar-refractivity contribution in [1.29, 1.82) is 0 Å². The number of amides is 1. The summed E-state index contributed by atoms with van der Waals surface area (Å²) in [7, 11) is 3.17. The third-order valence-electron chi connectivity index (χ3n) is 2.96. The second kappa shape index (κ2) is 6.65. The highest BCUT2D eigenvalue weighted by molar-refractivity contribution is 5.83. The normalized spacial score (nSPS) is 11.5. The van der Waals surface area contributed by atoms with E-state index in [2.05, 4.69) is 5.18 Å². The van der Waals surface area contributed by atoms with Gasteiger partial charge in [-0.05, 0) is 18.2 Å². The molecule has 0 spiro atoms. The molecule has 1 unspecified atom stereocenters. The Morgan fingerprint density at radius 2 is 1.67 bits per heavy atom. The van der Waals surface area contributed by atoms with E-state index in [0.29, 0.717) is 17.1 Å². The zero-order valence-electron chi connectivity index (χ0n) is 11.9. The predicted octanol–water partition coefficient (Wildman–Crippen LogP) is 3.37. The molecule has 2 aromatic rings. The molecule has 0 radical (unpaired) electrons. The lowest BCUT2D eigenvalue weighted by molar-refractivity contribution is -0.130. The van der Waals surface area contributed by atoms with Crippen LogP contribution in [-0.2, 0) is 4.79 Å². The summed E-state index contributed by atoms with van der Waals surface area (Å²) in [6, 6.07) is 15.0. The molecule has 2 aromatic carbocycles. The van der Waals surface area contributed by atoms with E-state index in [9.17, 15) is 9.70 Å². The van der Waals surface area contributed by atoms with E-state index in [1.54, 1.807) is 50.5 Å². The molecule has 1 amide bonds. The number of hydrogen-bond acceptors (Lipinski definition) is 4. The van der Waals surface area contributed by atoms with Gasteiger partial charge in [0.05, 0.1) is 0 Å². The summed E-state index contributed by atoms with van der Waals surface area (Å²) in [6.07, 6.45) is 0. The van der Waals surface area contributed by atoms with Crippen LogP contribution in [0.4, 0.5) is 0 Å². The minimum Gasteiger partial charge on any atom is -0.457 e. The molecule has 0 aliphatic rings. The Balaban J connectivity index is 2.36. The fourth-order valence-corrected chi connectivity index (χ4v) is 1.89. The monoisotopic (exact) mass is 284 g/mol. The van der Waals surface area contributed by atoms with Crippen molar-refractivity contribution in [3.63, 3.8) is 0 Å². The number of para-hydroxylation sites is 2. The second-order valence-corrected chi connectivity index (χ2v) is 4.69. The summed E-state index contributed by atoms with van der Waals surface area (Å²) in [5, 5.41) is 2.96. The summed E-state index contributed by atoms with van der Waals surface area (Å²) in [6.45, 7) is 0. The fraction of sp³-hybridized carbons (Fsp3) is 0.188. The number of hydrogen-bond donors (Lipinski definition) is 0. The average Bonchev–Trinajstić information content (AvgIpc) is 2.50. The van der Waals surface area contributed by atoms with Gasteiger partial charge in [0.2, 0.25) is 0 Å². The number of benzene rings is 2. The van der Waals surface area contributed by atoms with Gasteiger partial charge in [0, 0.05) is 19.7 Å². The van der Waals surface area contributed by atoms with Crippen molar-refractivity contribution in [1.82, 2.24) is 4.90 Å². The van der Waals surface area contributed by atoms with Crippen molar-refractivity contribution in [2.45, 2.75) is 6.04 Å². The van der Waals surface area contributed by atoms with Crippen LogP contribution in [0.15, 0.2) is 59.8 Å². The molecule has 2 rings (SSSR count). The summed E-state index contributed by atoms with van der Waals surface area (Å²) in [5.41, 5.74) is 0.454. The minimum absolute atomic E-state index is 0.380. The smallest absolute Gasteiger partial charge is 0.255 e. The maximum absolute atomic E-state index is 12.1. The maximum Gasteiger partial charge on any atom is 0.255 e. The molecule has 0 bridgehead atoms. The van der Waals surface area contributed by atoms with Crippen LogP contribution in [0.25, 0.3) is 0 Å². The summed E-state index contributed by atoms with van der Waals surface area (Å²) < 4.78 is 5.75. The Hall–Kier alpha value is -2.69.